The molecule has 0 saturated carbocycles. The molecule has 0 bridgehead atoms. The van der Waals surface area contributed by atoms with E-state index in [9.17, 15) is 9.59 Å². The zero-order valence-corrected chi connectivity index (χ0v) is 12.9. The van der Waals surface area contributed by atoms with Gasteiger partial charge in [-0.3, -0.25) is 0 Å². The van der Waals surface area contributed by atoms with Gasteiger partial charge in [-0.2, -0.15) is 0 Å². The van der Waals surface area contributed by atoms with Crippen molar-refractivity contribution < 1.29 is 19.4 Å². The molecule has 5 heteroatoms. The third-order valence-corrected chi connectivity index (χ3v) is 2.90. The second-order valence-electron chi connectivity index (χ2n) is 6.77. The van der Waals surface area contributed by atoms with Crippen LogP contribution in [0.3, 0.4) is 0 Å². The van der Waals surface area contributed by atoms with Crippen LogP contribution in [0.25, 0.3) is 0 Å². The van der Waals surface area contributed by atoms with Gasteiger partial charge in [0.1, 0.15) is 6.04 Å². The fourth-order valence-electron chi connectivity index (χ4n) is 1.82. The number of alkyl carbamates (subject to hydrolysis) is 1. The third kappa shape index (κ3) is 7.03. The summed E-state index contributed by atoms with van der Waals surface area (Å²) in [7, 11) is 0. The van der Waals surface area contributed by atoms with E-state index >= 15 is 0 Å². The Hall–Kier alpha value is -1.26. The van der Waals surface area contributed by atoms with Crippen molar-refractivity contribution in [1.29, 1.82) is 0 Å². The highest BCUT2D eigenvalue weighted by Gasteiger charge is 2.33. The summed E-state index contributed by atoms with van der Waals surface area (Å²) in [4.78, 5) is 22.8. The number of hydrogen-bond donors (Lipinski definition) is 2. The zero-order valence-electron chi connectivity index (χ0n) is 12.9. The minimum Gasteiger partial charge on any atom is -0.480 e. The van der Waals surface area contributed by atoms with Crippen LogP contribution in [-0.2, 0) is 9.53 Å². The van der Waals surface area contributed by atoms with Crippen molar-refractivity contribution in [2.75, 3.05) is 6.61 Å². The monoisotopic (exact) mass is 273 g/mol. The molecule has 0 aromatic heterocycles. The minimum atomic E-state index is -1.06. The van der Waals surface area contributed by atoms with Gasteiger partial charge in [0.15, 0.2) is 0 Å². The molecule has 0 heterocycles. The molecule has 0 rings (SSSR count). The van der Waals surface area contributed by atoms with Gasteiger partial charge in [-0.1, -0.05) is 48.0 Å². The average Bonchev–Trinajstić information content (AvgIpc) is 2.21. The molecule has 0 saturated heterocycles. The van der Waals surface area contributed by atoms with Gasteiger partial charge in [0.05, 0.1) is 6.61 Å². The lowest BCUT2D eigenvalue weighted by atomic mass is 9.87. The van der Waals surface area contributed by atoms with E-state index in [-0.39, 0.29) is 12.0 Å². The lowest BCUT2D eigenvalue weighted by molar-refractivity contribution is -0.142. The first-order chi connectivity index (χ1) is 8.49. The maximum atomic E-state index is 11.7. The molecule has 112 valence electrons. The molecule has 0 aliphatic heterocycles. The number of rotatable bonds is 6. The van der Waals surface area contributed by atoms with Crippen molar-refractivity contribution in [2.24, 2.45) is 10.8 Å². The number of nitrogens with one attached hydrogen (secondary N) is 1. The normalized spacial score (nSPS) is 13.8. The molecular weight excluding hydrogens is 246 g/mol. The van der Waals surface area contributed by atoms with Crippen molar-refractivity contribution in [2.45, 2.75) is 60.4 Å². The van der Waals surface area contributed by atoms with Gasteiger partial charge in [-0.05, 0) is 17.3 Å². The lowest BCUT2D eigenvalue weighted by Gasteiger charge is -2.28. The molecule has 0 radical (unpaired) electrons. The number of aliphatic carboxylic acids is 1. The Kier molecular flexibility index (Phi) is 6.33. The predicted octanol–water partition coefficient (Wildman–Crippen LogP) is 3.04. The Bertz CT molecular complexity index is 318. The van der Waals surface area contributed by atoms with E-state index in [2.05, 4.69) is 12.2 Å². The summed E-state index contributed by atoms with van der Waals surface area (Å²) in [6.45, 7) is 11.7. The maximum absolute atomic E-state index is 11.7. The van der Waals surface area contributed by atoms with Gasteiger partial charge >= 0.3 is 12.1 Å². The molecule has 0 fully saturated rings. The van der Waals surface area contributed by atoms with Crippen LogP contribution in [0.2, 0.25) is 0 Å². The number of carbonyl (C=O) groups excluding carboxylic acids is 1. The summed E-state index contributed by atoms with van der Waals surface area (Å²) in [6.07, 6.45) is 1.28. The van der Waals surface area contributed by atoms with Crippen LogP contribution >= 0.6 is 0 Å². The molecule has 0 spiro atoms. The highest BCUT2D eigenvalue weighted by Crippen LogP contribution is 2.23. The quantitative estimate of drug-likeness (QED) is 0.780. The summed E-state index contributed by atoms with van der Waals surface area (Å²) in [5.74, 6) is -1.06. The Morgan fingerprint density at radius 1 is 1.21 bits per heavy atom. The van der Waals surface area contributed by atoms with Gasteiger partial charge in [0.2, 0.25) is 0 Å². The summed E-state index contributed by atoms with van der Waals surface area (Å²) in [5.41, 5.74) is -0.656. The number of carboxylic acid groups (broad SMARTS) is 1. The van der Waals surface area contributed by atoms with E-state index in [1.807, 2.05) is 13.8 Å². The van der Waals surface area contributed by atoms with E-state index in [0.29, 0.717) is 0 Å². The highest BCUT2D eigenvalue weighted by molar-refractivity contribution is 5.80. The summed E-state index contributed by atoms with van der Waals surface area (Å²) < 4.78 is 5.12. The molecule has 1 atom stereocenters. The van der Waals surface area contributed by atoms with E-state index in [0.717, 1.165) is 12.8 Å². The van der Waals surface area contributed by atoms with E-state index in [1.165, 1.54) is 0 Å². The first kappa shape index (κ1) is 17.7. The van der Waals surface area contributed by atoms with Crippen LogP contribution < -0.4 is 5.32 Å². The molecule has 0 aliphatic carbocycles. The van der Waals surface area contributed by atoms with Crippen molar-refractivity contribution in [3.05, 3.63) is 0 Å². The number of amides is 1. The average molecular weight is 273 g/mol. The summed E-state index contributed by atoms with van der Waals surface area (Å²) >= 11 is 0. The number of carboxylic acids is 1. The van der Waals surface area contributed by atoms with E-state index < -0.39 is 23.5 Å². The van der Waals surface area contributed by atoms with Gasteiger partial charge in [-0.25, -0.2) is 9.59 Å². The zero-order chi connectivity index (χ0) is 15.3. The van der Waals surface area contributed by atoms with Crippen molar-refractivity contribution in [3.63, 3.8) is 0 Å². The molecular formula is C14H27NO4. The Morgan fingerprint density at radius 3 is 2.11 bits per heavy atom. The maximum Gasteiger partial charge on any atom is 0.407 e. The van der Waals surface area contributed by atoms with Crippen LogP contribution in [0.4, 0.5) is 4.79 Å². The highest BCUT2D eigenvalue weighted by atomic mass is 16.5. The molecule has 2 N–H and O–H groups in total. The lowest BCUT2D eigenvalue weighted by Crippen LogP contribution is -2.49. The molecule has 0 aliphatic rings. The fourth-order valence-corrected chi connectivity index (χ4v) is 1.82. The van der Waals surface area contributed by atoms with Crippen molar-refractivity contribution in [1.82, 2.24) is 5.32 Å². The number of ether oxygens (including phenoxy) is 1. The predicted molar refractivity (Wildman–Crippen MR) is 74.1 cm³/mol. The second-order valence-corrected chi connectivity index (χ2v) is 6.77. The molecule has 0 aromatic rings. The Morgan fingerprint density at radius 2 is 1.74 bits per heavy atom. The molecule has 0 unspecified atom stereocenters. The second kappa shape index (κ2) is 6.78. The van der Waals surface area contributed by atoms with Gasteiger partial charge in [0, 0.05) is 0 Å². The molecule has 5 nitrogen and oxygen atoms in total. The largest absolute Gasteiger partial charge is 0.480 e. The summed E-state index contributed by atoms with van der Waals surface area (Å²) in [5, 5.41) is 11.5. The molecule has 0 aromatic carbocycles. The minimum absolute atomic E-state index is 0.0907. The Labute approximate surface area is 115 Å². The van der Waals surface area contributed by atoms with Gasteiger partial charge in [0.25, 0.3) is 0 Å². The topological polar surface area (TPSA) is 75.6 Å². The van der Waals surface area contributed by atoms with Crippen LogP contribution in [0, 0.1) is 10.8 Å². The number of carbonyl (C=O) groups is 2. The van der Waals surface area contributed by atoms with Crippen LogP contribution in [-0.4, -0.2) is 29.8 Å². The van der Waals surface area contributed by atoms with Crippen LogP contribution in [0.15, 0.2) is 0 Å². The Balaban J connectivity index is 4.41. The third-order valence-electron chi connectivity index (χ3n) is 2.90. The fraction of sp³-hybridized carbons (Fsp3) is 0.857. The smallest absolute Gasteiger partial charge is 0.407 e. The number of hydrogen-bond acceptors (Lipinski definition) is 3. The van der Waals surface area contributed by atoms with Gasteiger partial charge < -0.3 is 15.2 Å². The first-order valence-corrected chi connectivity index (χ1v) is 6.65. The van der Waals surface area contributed by atoms with Gasteiger partial charge in [-0.15, -0.1) is 0 Å². The molecule has 1 amide bonds. The van der Waals surface area contributed by atoms with Crippen molar-refractivity contribution >= 4 is 12.1 Å². The first-order valence-electron chi connectivity index (χ1n) is 6.65. The SMILES string of the molecule is CCCC(C)(C)COC(=O)N[C@H](C(=O)O)C(C)(C)C. The van der Waals surface area contributed by atoms with Crippen molar-refractivity contribution in [3.8, 4) is 0 Å². The van der Waals surface area contributed by atoms with Crippen LogP contribution in [0.1, 0.15) is 54.4 Å². The van der Waals surface area contributed by atoms with E-state index in [1.54, 1.807) is 20.8 Å². The standard InChI is InChI=1S/C14H27NO4/c1-7-8-14(5,6)9-19-12(18)15-10(11(16)17)13(2,3)4/h10H,7-9H2,1-6H3,(H,15,18)(H,16,17)/t10-/m1/s1. The molecule has 19 heavy (non-hydrogen) atoms. The van der Waals surface area contributed by atoms with Crippen LogP contribution in [0.5, 0.6) is 0 Å². The van der Waals surface area contributed by atoms with E-state index in [4.69, 9.17) is 9.84 Å². The summed E-state index contributed by atoms with van der Waals surface area (Å²) in [6, 6.07) is -0.964.